The predicted molar refractivity (Wildman–Crippen MR) is 101 cm³/mol. The molecule has 2 rings (SSSR count). The molecule has 2 saturated heterocycles. The number of piperidine rings is 1. The van der Waals surface area contributed by atoms with E-state index in [0.29, 0.717) is 23.0 Å². The molecule has 2 fully saturated rings. The maximum absolute atomic E-state index is 2.84. The number of rotatable bonds is 2. The molecule has 2 aliphatic heterocycles. The molecule has 0 N–H and O–H groups in total. The monoisotopic (exact) mass is 323 g/mol. The van der Waals surface area contributed by atoms with Gasteiger partial charge in [0.2, 0.25) is 0 Å². The van der Waals surface area contributed by atoms with Crippen molar-refractivity contribution < 1.29 is 0 Å². The highest BCUT2D eigenvalue weighted by Crippen LogP contribution is 2.29. The lowest BCUT2D eigenvalue weighted by Crippen LogP contribution is -2.64. The maximum atomic E-state index is 2.84. The fraction of sp³-hybridized carbons (Fsp3) is 1.00. The zero-order valence-electron chi connectivity index (χ0n) is 17.0. The second-order valence-electron chi connectivity index (χ2n) is 10.3. The Balaban J connectivity index is 1.91. The van der Waals surface area contributed by atoms with Crippen LogP contribution >= 0.6 is 0 Å². The third-order valence-electron chi connectivity index (χ3n) is 5.61. The Morgan fingerprint density at radius 3 is 1.70 bits per heavy atom. The summed E-state index contributed by atoms with van der Waals surface area (Å²) in [6.07, 6.45) is 2.69. The number of hydrogen-bond donors (Lipinski definition) is 0. The van der Waals surface area contributed by atoms with Crippen molar-refractivity contribution in [3.63, 3.8) is 0 Å². The Morgan fingerprint density at radius 2 is 1.30 bits per heavy atom. The molecule has 3 nitrogen and oxygen atoms in total. The lowest BCUT2D eigenvalue weighted by atomic mass is 9.92. The van der Waals surface area contributed by atoms with E-state index in [-0.39, 0.29) is 0 Å². The van der Waals surface area contributed by atoms with E-state index in [2.05, 4.69) is 70.1 Å². The molecule has 0 amide bonds. The van der Waals surface area contributed by atoms with Gasteiger partial charge in [-0.3, -0.25) is 9.80 Å². The van der Waals surface area contributed by atoms with Crippen LogP contribution in [0.1, 0.15) is 68.2 Å². The van der Waals surface area contributed by atoms with Crippen LogP contribution in [-0.4, -0.2) is 71.1 Å². The predicted octanol–water partition coefficient (Wildman–Crippen LogP) is 3.69. The van der Waals surface area contributed by atoms with Crippen LogP contribution in [0.3, 0.4) is 0 Å². The van der Waals surface area contributed by atoms with Crippen molar-refractivity contribution in [1.29, 1.82) is 0 Å². The van der Waals surface area contributed by atoms with Crippen LogP contribution in [0, 0.1) is 5.41 Å². The zero-order valence-corrected chi connectivity index (χ0v) is 17.0. The first-order chi connectivity index (χ1) is 10.5. The largest absolute Gasteiger partial charge is 0.303 e. The molecule has 0 saturated carbocycles. The van der Waals surface area contributed by atoms with Crippen molar-refractivity contribution in [2.75, 3.05) is 32.7 Å². The SMILES string of the molecule is C[C@@H]1CN(C(C)(C)C)C[C@H](C)N1C1CCN(CC(C)(C)C)CC1. The summed E-state index contributed by atoms with van der Waals surface area (Å²) in [5.41, 5.74) is 0.719. The minimum Gasteiger partial charge on any atom is -0.303 e. The Bertz CT molecular complexity index is 359. The topological polar surface area (TPSA) is 9.72 Å². The molecule has 0 aromatic heterocycles. The standard InChI is InChI=1S/C20H41N3/c1-16-13-22(20(6,7)8)14-17(2)23(16)18-9-11-21(12-10-18)15-19(3,4)5/h16-18H,9-15H2,1-8H3/t16-,17+. The molecule has 2 atom stereocenters. The fourth-order valence-corrected chi connectivity index (χ4v) is 4.65. The Hall–Kier alpha value is -0.120. The molecule has 0 unspecified atom stereocenters. The van der Waals surface area contributed by atoms with Crippen molar-refractivity contribution in [2.45, 2.75) is 91.9 Å². The van der Waals surface area contributed by atoms with Crippen LogP contribution in [0.2, 0.25) is 0 Å². The van der Waals surface area contributed by atoms with Crippen molar-refractivity contribution in [1.82, 2.24) is 14.7 Å². The van der Waals surface area contributed by atoms with E-state index >= 15 is 0 Å². The fourth-order valence-electron chi connectivity index (χ4n) is 4.65. The number of piperazine rings is 1. The van der Waals surface area contributed by atoms with E-state index < -0.39 is 0 Å². The third-order valence-corrected chi connectivity index (χ3v) is 5.61. The van der Waals surface area contributed by atoms with E-state index in [1.165, 1.54) is 45.6 Å². The minimum absolute atomic E-state index is 0.296. The Morgan fingerprint density at radius 1 is 0.826 bits per heavy atom. The van der Waals surface area contributed by atoms with Crippen molar-refractivity contribution in [2.24, 2.45) is 5.41 Å². The summed E-state index contributed by atoms with van der Waals surface area (Å²) in [6.45, 7) is 25.2. The van der Waals surface area contributed by atoms with Gasteiger partial charge in [-0.25, -0.2) is 0 Å². The van der Waals surface area contributed by atoms with Crippen LogP contribution in [0.25, 0.3) is 0 Å². The molecule has 0 bridgehead atoms. The maximum Gasteiger partial charge on any atom is 0.0201 e. The zero-order chi connectivity index (χ0) is 17.4. The van der Waals surface area contributed by atoms with Gasteiger partial charge in [-0.15, -0.1) is 0 Å². The van der Waals surface area contributed by atoms with Gasteiger partial charge in [0, 0.05) is 43.3 Å². The van der Waals surface area contributed by atoms with Crippen molar-refractivity contribution >= 4 is 0 Å². The van der Waals surface area contributed by atoms with Crippen molar-refractivity contribution in [3.8, 4) is 0 Å². The van der Waals surface area contributed by atoms with Crippen LogP contribution in [-0.2, 0) is 0 Å². The van der Waals surface area contributed by atoms with Gasteiger partial charge in [0.05, 0.1) is 0 Å². The van der Waals surface area contributed by atoms with Gasteiger partial charge < -0.3 is 4.90 Å². The average Bonchev–Trinajstić information content (AvgIpc) is 2.37. The highest BCUT2D eigenvalue weighted by atomic mass is 15.3. The highest BCUT2D eigenvalue weighted by molar-refractivity contribution is 4.94. The molecule has 3 heteroatoms. The Labute approximate surface area is 145 Å². The third kappa shape index (κ3) is 5.17. The molecule has 0 aliphatic carbocycles. The van der Waals surface area contributed by atoms with Crippen LogP contribution in [0.5, 0.6) is 0 Å². The molecule has 0 radical (unpaired) electrons. The molecule has 136 valence electrons. The first-order valence-corrected chi connectivity index (χ1v) is 9.72. The minimum atomic E-state index is 0.296. The van der Waals surface area contributed by atoms with E-state index in [0.717, 1.165) is 6.04 Å². The molecule has 23 heavy (non-hydrogen) atoms. The van der Waals surface area contributed by atoms with E-state index in [1.807, 2.05) is 0 Å². The summed E-state index contributed by atoms with van der Waals surface area (Å²) >= 11 is 0. The van der Waals surface area contributed by atoms with Gasteiger partial charge in [0.25, 0.3) is 0 Å². The smallest absolute Gasteiger partial charge is 0.0201 e. The summed E-state index contributed by atoms with van der Waals surface area (Å²) in [7, 11) is 0. The highest BCUT2D eigenvalue weighted by Gasteiger charge is 2.38. The molecule has 0 aromatic rings. The normalized spacial score (nSPS) is 30.8. The number of likely N-dealkylation sites (tertiary alicyclic amines) is 1. The van der Waals surface area contributed by atoms with Gasteiger partial charge in [0.1, 0.15) is 0 Å². The van der Waals surface area contributed by atoms with Gasteiger partial charge in [-0.1, -0.05) is 20.8 Å². The van der Waals surface area contributed by atoms with Gasteiger partial charge in [-0.05, 0) is 66.0 Å². The quantitative estimate of drug-likeness (QED) is 0.767. The molecular weight excluding hydrogens is 282 g/mol. The molecule has 0 aromatic carbocycles. The lowest BCUT2D eigenvalue weighted by molar-refractivity contribution is -0.0434. The Kier molecular flexibility index (Phi) is 5.86. The summed E-state index contributed by atoms with van der Waals surface area (Å²) < 4.78 is 0. The lowest BCUT2D eigenvalue weighted by Gasteiger charge is -2.53. The molecular formula is C20H41N3. The first-order valence-electron chi connectivity index (χ1n) is 9.72. The van der Waals surface area contributed by atoms with E-state index in [9.17, 15) is 0 Å². The summed E-state index contributed by atoms with van der Waals surface area (Å²) in [6, 6.07) is 2.15. The van der Waals surface area contributed by atoms with E-state index in [1.54, 1.807) is 0 Å². The number of nitrogens with zero attached hydrogens (tertiary/aromatic N) is 3. The second kappa shape index (κ2) is 7.01. The number of hydrogen-bond acceptors (Lipinski definition) is 3. The second-order valence-corrected chi connectivity index (χ2v) is 10.3. The first kappa shape index (κ1) is 19.2. The van der Waals surface area contributed by atoms with E-state index in [4.69, 9.17) is 0 Å². The van der Waals surface area contributed by atoms with Gasteiger partial charge in [-0.2, -0.15) is 0 Å². The van der Waals surface area contributed by atoms with Crippen LogP contribution in [0.15, 0.2) is 0 Å². The van der Waals surface area contributed by atoms with Gasteiger partial charge in [0.15, 0.2) is 0 Å². The average molecular weight is 324 g/mol. The van der Waals surface area contributed by atoms with Crippen molar-refractivity contribution in [3.05, 3.63) is 0 Å². The summed E-state index contributed by atoms with van der Waals surface area (Å²) in [4.78, 5) is 8.20. The van der Waals surface area contributed by atoms with Gasteiger partial charge >= 0.3 is 0 Å². The summed E-state index contributed by atoms with van der Waals surface area (Å²) in [5.74, 6) is 0. The molecule has 2 aliphatic rings. The van der Waals surface area contributed by atoms with Crippen LogP contribution in [0.4, 0.5) is 0 Å². The summed E-state index contributed by atoms with van der Waals surface area (Å²) in [5, 5.41) is 0. The molecule has 2 heterocycles. The van der Waals surface area contributed by atoms with Crippen LogP contribution < -0.4 is 0 Å². The molecule has 0 spiro atoms.